The lowest BCUT2D eigenvalue weighted by Crippen LogP contribution is -2.41. The minimum absolute atomic E-state index is 0.148. The number of nitrogens with zero attached hydrogens (tertiary/aromatic N) is 1. The van der Waals surface area contributed by atoms with Crippen molar-refractivity contribution in [2.24, 2.45) is 5.73 Å². The van der Waals surface area contributed by atoms with Crippen LogP contribution in [-0.4, -0.2) is 31.3 Å². The second-order valence-corrected chi connectivity index (χ2v) is 2.33. The van der Waals surface area contributed by atoms with Gasteiger partial charge in [0.2, 0.25) is 0 Å². The SMILES string of the molecule is CON(C)C(C)C(C)N. The summed E-state index contributed by atoms with van der Waals surface area (Å²) in [5, 5.41) is 1.74. The molecule has 2 atom stereocenters. The highest BCUT2D eigenvalue weighted by atomic mass is 16.7. The van der Waals surface area contributed by atoms with Gasteiger partial charge < -0.3 is 10.6 Å². The van der Waals surface area contributed by atoms with Gasteiger partial charge in [0.1, 0.15) is 0 Å². The Bertz CT molecular complexity index is 75.5. The number of hydroxylamine groups is 2. The molecule has 0 rings (SSSR count). The second kappa shape index (κ2) is 3.82. The van der Waals surface area contributed by atoms with Crippen molar-refractivity contribution in [3.8, 4) is 0 Å². The summed E-state index contributed by atoms with van der Waals surface area (Å²) < 4.78 is 0. The van der Waals surface area contributed by atoms with Crippen molar-refractivity contribution < 1.29 is 4.84 Å². The van der Waals surface area contributed by atoms with Crippen molar-refractivity contribution in [1.29, 1.82) is 0 Å². The Labute approximate surface area is 56.7 Å². The van der Waals surface area contributed by atoms with Crippen LogP contribution in [0.4, 0.5) is 0 Å². The molecule has 0 radical (unpaired) electrons. The van der Waals surface area contributed by atoms with Gasteiger partial charge in [0.25, 0.3) is 0 Å². The summed E-state index contributed by atoms with van der Waals surface area (Å²) in [5.74, 6) is 0. The first-order valence-corrected chi connectivity index (χ1v) is 3.12. The van der Waals surface area contributed by atoms with Crippen LogP contribution < -0.4 is 5.73 Å². The van der Waals surface area contributed by atoms with E-state index in [-0.39, 0.29) is 12.1 Å². The van der Waals surface area contributed by atoms with Crippen molar-refractivity contribution in [2.45, 2.75) is 25.9 Å². The predicted molar refractivity (Wildman–Crippen MR) is 37.9 cm³/mol. The van der Waals surface area contributed by atoms with Crippen molar-refractivity contribution in [3.05, 3.63) is 0 Å². The highest BCUT2D eigenvalue weighted by Gasteiger charge is 2.11. The Morgan fingerprint density at radius 1 is 1.44 bits per heavy atom. The Morgan fingerprint density at radius 2 is 1.89 bits per heavy atom. The lowest BCUT2D eigenvalue weighted by atomic mass is 10.2. The van der Waals surface area contributed by atoms with Gasteiger partial charge in [-0.15, -0.1) is 0 Å². The van der Waals surface area contributed by atoms with E-state index >= 15 is 0 Å². The summed E-state index contributed by atoms with van der Waals surface area (Å²) in [6, 6.07) is 0.421. The standard InChI is InChI=1S/C6H16N2O/c1-5(7)6(2)8(3)9-4/h5-6H,7H2,1-4H3. The first kappa shape index (κ1) is 8.88. The molecular weight excluding hydrogens is 116 g/mol. The fourth-order valence-corrected chi connectivity index (χ4v) is 0.497. The Balaban J connectivity index is 3.58. The Kier molecular flexibility index (Phi) is 3.77. The highest BCUT2D eigenvalue weighted by molar-refractivity contribution is 4.66. The predicted octanol–water partition coefficient (Wildman–Crippen LogP) is 0.215. The lowest BCUT2D eigenvalue weighted by Gasteiger charge is -2.24. The van der Waals surface area contributed by atoms with Gasteiger partial charge in [-0.3, -0.25) is 0 Å². The molecular formula is C6H16N2O. The van der Waals surface area contributed by atoms with E-state index in [1.54, 1.807) is 12.2 Å². The molecule has 0 aliphatic heterocycles. The van der Waals surface area contributed by atoms with Crippen LogP contribution in [0, 0.1) is 0 Å². The van der Waals surface area contributed by atoms with E-state index in [1.807, 2.05) is 20.9 Å². The second-order valence-electron chi connectivity index (χ2n) is 2.33. The van der Waals surface area contributed by atoms with Crippen molar-refractivity contribution in [2.75, 3.05) is 14.2 Å². The average molecular weight is 132 g/mol. The number of hydrogen-bond acceptors (Lipinski definition) is 3. The summed E-state index contributed by atoms with van der Waals surface area (Å²) in [4.78, 5) is 4.93. The summed E-state index contributed by atoms with van der Waals surface area (Å²) in [5.41, 5.74) is 5.59. The molecule has 0 fully saturated rings. The normalized spacial score (nSPS) is 18.0. The van der Waals surface area contributed by atoms with Crippen LogP contribution >= 0.6 is 0 Å². The van der Waals surface area contributed by atoms with E-state index in [1.165, 1.54) is 0 Å². The molecule has 2 N–H and O–H groups in total. The number of rotatable bonds is 3. The molecule has 3 nitrogen and oxygen atoms in total. The van der Waals surface area contributed by atoms with Gasteiger partial charge in [0.15, 0.2) is 0 Å². The molecule has 0 aliphatic carbocycles. The molecule has 0 amide bonds. The highest BCUT2D eigenvalue weighted by Crippen LogP contribution is 1.97. The third-order valence-corrected chi connectivity index (χ3v) is 1.62. The first-order chi connectivity index (χ1) is 4.09. The van der Waals surface area contributed by atoms with Crippen LogP contribution in [0.1, 0.15) is 13.8 Å². The zero-order valence-corrected chi connectivity index (χ0v) is 6.59. The zero-order chi connectivity index (χ0) is 7.44. The van der Waals surface area contributed by atoms with Crippen LogP contribution in [0.5, 0.6) is 0 Å². The molecule has 0 aromatic carbocycles. The number of hydrogen-bond donors (Lipinski definition) is 1. The monoisotopic (exact) mass is 132 g/mol. The van der Waals surface area contributed by atoms with Gasteiger partial charge >= 0.3 is 0 Å². The van der Waals surface area contributed by atoms with E-state index in [4.69, 9.17) is 10.6 Å². The maximum atomic E-state index is 5.59. The Morgan fingerprint density at radius 3 is 2.00 bits per heavy atom. The molecule has 3 heteroatoms. The molecule has 0 aromatic heterocycles. The molecule has 0 aliphatic rings. The smallest absolute Gasteiger partial charge is 0.0575 e. The van der Waals surface area contributed by atoms with E-state index in [2.05, 4.69) is 0 Å². The average Bonchev–Trinajstić information content (AvgIpc) is 1.84. The maximum Gasteiger partial charge on any atom is 0.0575 e. The third kappa shape index (κ3) is 2.79. The zero-order valence-electron chi connectivity index (χ0n) is 6.59. The number of likely N-dealkylation sites (N-methyl/N-ethyl adjacent to an activating group) is 1. The Hall–Kier alpha value is -0.120. The lowest BCUT2D eigenvalue weighted by molar-refractivity contribution is -0.140. The molecule has 56 valence electrons. The topological polar surface area (TPSA) is 38.5 Å². The van der Waals surface area contributed by atoms with Crippen molar-refractivity contribution >= 4 is 0 Å². The summed E-state index contributed by atoms with van der Waals surface area (Å²) in [7, 11) is 3.51. The molecule has 2 unspecified atom stereocenters. The van der Waals surface area contributed by atoms with Crippen LogP contribution in [0.3, 0.4) is 0 Å². The van der Waals surface area contributed by atoms with Gasteiger partial charge in [-0.2, -0.15) is 5.06 Å². The fraction of sp³-hybridized carbons (Fsp3) is 1.00. The van der Waals surface area contributed by atoms with Crippen LogP contribution in [0.15, 0.2) is 0 Å². The first-order valence-electron chi connectivity index (χ1n) is 3.12. The van der Waals surface area contributed by atoms with Crippen molar-refractivity contribution in [3.63, 3.8) is 0 Å². The molecule has 9 heavy (non-hydrogen) atoms. The van der Waals surface area contributed by atoms with Gasteiger partial charge in [0, 0.05) is 19.1 Å². The van der Waals surface area contributed by atoms with Crippen molar-refractivity contribution in [1.82, 2.24) is 5.06 Å². The molecule has 0 heterocycles. The molecule has 0 spiro atoms. The van der Waals surface area contributed by atoms with E-state index < -0.39 is 0 Å². The van der Waals surface area contributed by atoms with E-state index in [0.717, 1.165) is 0 Å². The molecule has 0 saturated heterocycles. The molecule has 0 bridgehead atoms. The summed E-state index contributed by atoms with van der Waals surface area (Å²) >= 11 is 0. The van der Waals surface area contributed by atoms with Crippen LogP contribution in [-0.2, 0) is 4.84 Å². The fourth-order valence-electron chi connectivity index (χ4n) is 0.497. The number of nitrogens with two attached hydrogens (primary N) is 1. The van der Waals surface area contributed by atoms with E-state index in [0.29, 0.717) is 0 Å². The minimum atomic E-state index is 0.148. The van der Waals surface area contributed by atoms with Crippen LogP contribution in [0.2, 0.25) is 0 Å². The maximum absolute atomic E-state index is 5.59. The largest absolute Gasteiger partial charge is 0.326 e. The minimum Gasteiger partial charge on any atom is -0.326 e. The van der Waals surface area contributed by atoms with Crippen LogP contribution in [0.25, 0.3) is 0 Å². The van der Waals surface area contributed by atoms with E-state index in [9.17, 15) is 0 Å². The summed E-state index contributed by atoms with van der Waals surface area (Å²) in [6.07, 6.45) is 0. The molecule has 0 aromatic rings. The van der Waals surface area contributed by atoms with Gasteiger partial charge in [0.05, 0.1) is 7.11 Å². The molecule has 0 saturated carbocycles. The van der Waals surface area contributed by atoms with Gasteiger partial charge in [-0.25, -0.2) is 0 Å². The van der Waals surface area contributed by atoms with Gasteiger partial charge in [-0.05, 0) is 13.8 Å². The quantitative estimate of drug-likeness (QED) is 0.558. The summed E-state index contributed by atoms with van der Waals surface area (Å²) in [6.45, 7) is 3.98. The third-order valence-electron chi connectivity index (χ3n) is 1.62. The van der Waals surface area contributed by atoms with Gasteiger partial charge in [-0.1, -0.05) is 0 Å².